The Morgan fingerprint density at radius 2 is 1.95 bits per heavy atom. The quantitative estimate of drug-likeness (QED) is 0.892. The van der Waals surface area contributed by atoms with Gasteiger partial charge in [0.15, 0.2) is 11.5 Å². The number of H-pyrrole nitrogens is 1. The number of carbonyl (C=O) groups excluding carboxylic acids is 2. The lowest BCUT2D eigenvalue weighted by Gasteiger charge is -2.33. The van der Waals surface area contributed by atoms with Gasteiger partial charge >= 0.3 is 0 Å². The summed E-state index contributed by atoms with van der Waals surface area (Å²) in [5.41, 5.74) is 1.03. The molecule has 2 aromatic rings. The van der Waals surface area contributed by atoms with Crippen LogP contribution in [0.3, 0.4) is 0 Å². The maximum atomic E-state index is 12.4. The standard InChI is InChI=1S/C14H16N4O3/c1-10(19)17-4-6-18(7-5-17)14(20)12-9-11(15-16-12)13-3-2-8-21-13/h2-3,8-9H,4-7H2,1H3,(H,15,16). The lowest BCUT2D eigenvalue weighted by Crippen LogP contribution is -2.50. The average Bonchev–Trinajstić information content (AvgIpc) is 3.17. The van der Waals surface area contributed by atoms with Crippen LogP contribution in [0.2, 0.25) is 0 Å². The minimum absolute atomic E-state index is 0.0435. The van der Waals surface area contributed by atoms with Crippen molar-refractivity contribution in [1.29, 1.82) is 0 Å². The van der Waals surface area contributed by atoms with Gasteiger partial charge < -0.3 is 14.2 Å². The van der Waals surface area contributed by atoms with E-state index in [0.29, 0.717) is 43.3 Å². The third kappa shape index (κ3) is 2.67. The Kier molecular flexibility index (Phi) is 3.47. The number of nitrogens with one attached hydrogen (secondary N) is 1. The molecule has 0 atom stereocenters. The molecule has 21 heavy (non-hydrogen) atoms. The van der Waals surface area contributed by atoms with Crippen LogP contribution in [-0.2, 0) is 4.79 Å². The summed E-state index contributed by atoms with van der Waals surface area (Å²) in [7, 11) is 0. The Labute approximate surface area is 121 Å². The highest BCUT2D eigenvalue weighted by molar-refractivity contribution is 5.93. The molecule has 0 spiro atoms. The van der Waals surface area contributed by atoms with Gasteiger partial charge in [0.1, 0.15) is 5.69 Å². The largest absolute Gasteiger partial charge is 0.463 e. The van der Waals surface area contributed by atoms with Crippen molar-refractivity contribution in [2.24, 2.45) is 0 Å². The monoisotopic (exact) mass is 288 g/mol. The molecule has 3 rings (SSSR count). The summed E-state index contributed by atoms with van der Waals surface area (Å²) in [5, 5.41) is 6.84. The van der Waals surface area contributed by atoms with E-state index in [9.17, 15) is 9.59 Å². The molecule has 0 aliphatic carbocycles. The molecule has 3 heterocycles. The van der Waals surface area contributed by atoms with Gasteiger partial charge in [0.25, 0.3) is 5.91 Å². The molecule has 1 fully saturated rings. The normalized spacial score (nSPS) is 15.3. The van der Waals surface area contributed by atoms with E-state index in [1.54, 1.807) is 41.2 Å². The third-order valence-electron chi connectivity index (χ3n) is 3.60. The molecule has 110 valence electrons. The molecule has 7 heteroatoms. The van der Waals surface area contributed by atoms with Crippen molar-refractivity contribution in [3.8, 4) is 11.5 Å². The minimum atomic E-state index is -0.132. The van der Waals surface area contributed by atoms with Crippen LogP contribution in [-0.4, -0.2) is 58.0 Å². The maximum absolute atomic E-state index is 12.4. The van der Waals surface area contributed by atoms with E-state index >= 15 is 0 Å². The van der Waals surface area contributed by atoms with Crippen molar-refractivity contribution in [3.63, 3.8) is 0 Å². The number of aromatic amines is 1. The van der Waals surface area contributed by atoms with Crippen molar-refractivity contribution in [1.82, 2.24) is 20.0 Å². The Bertz CT molecular complexity index is 639. The molecule has 0 unspecified atom stereocenters. The second-order valence-electron chi connectivity index (χ2n) is 4.94. The van der Waals surface area contributed by atoms with Crippen LogP contribution >= 0.6 is 0 Å². The molecule has 0 bridgehead atoms. The van der Waals surface area contributed by atoms with Gasteiger partial charge in [0.05, 0.1) is 6.26 Å². The number of aromatic nitrogens is 2. The highest BCUT2D eigenvalue weighted by atomic mass is 16.3. The summed E-state index contributed by atoms with van der Waals surface area (Å²) in [4.78, 5) is 27.1. The number of carbonyl (C=O) groups is 2. The van der Waals surface area contributed by atoms with E-state index in [2.05, 4.69) is 10.2 Å². The maximum Gasteiger partial charge on any atom is 0.274 e. The van der Waals surface area contributed by atoms with Crippen molar-refractivity contribution in [3.05, 3.63) is 30.2 Å². The van der Waals surface area contributed by atoms with Crippen LogP contribution in [0, 0.1) is 0 Å². The predicted octanol–water partition coefficient (Wildman–Crippen LogP) is 0.974. The van der Waals surface area contributed by atoms with E-state index in [4.69, 9.17) is 4.42 Å². The van der Waals surface area contributed by atoms with Crippen LogP contribution in [0.15, 0.2) is 28.9 Å². The molecular formula is C14H16N4O3. The van der Waals surface area contributed by atoms with Crippen LogP contribution in [0.5, 0.6) is 0 Å². The number of piperazine rings is 1. The highest BCUT2D eigenvalue weighted by Crippen LogP contribution is 2.18. The van der Waals surface area contributed by atoms with Crippen molar-refractivity contribution < 1.29 is 14.0 Å². The van der Waals surface area contributed by atoms with E-state index in [1.165, 1.54) is 0 Å². The van der Waals surface area contributed by atoms with Gasteiger partial charge in [-0.2, -0.15) is 5.10 Å². The Hall–Kier alpha value is -2.57. The molecular weight excluding hydrogens is 272 g/mol. The summed E-state index contributed by atoms with van der Waals surface area (Å²) in [5.74, 6) is 0.553. The number of rotatable bonds is 2. The molecule has 1 N–H and O–H groups in total. The second-order valence-corrected chi connectivity index (χ2v) is 4.94. The molecule has 7 nitrogen and oxygen atoms in total. The molecule has 0 aromatic carbocycles. The van der Waals surface area contributed by atoms with Gasteiger partial charge in [-0.3, -0.25) is 14.7 Å². The summed E-state index contributed by atoms with van der Waals surface area (Å²) < 4.78 is 5.26. The van der Waals surface area contributed by atoms with Crippen molar-refractivity contribution in [2.75, 3.05) is 26.2 Å². The molecule has 0 radical (unpaired) electrons. The van der Waals surface area contributed by atoms with Gasteiger partial charge in [-0.05, 0) is 12.1 Å². The summed E-state index contributed by atoms with van der Waals surface area (Å²) in [6.45, 7) is 3.73. The van der Waals surface area contributed by atoms with Crippen LogP contribution in [0.25, 0.3) is 11.5 Å². The fourth-order valence-corrected chi connectivity index (χ4v) is 2.38. The van der Waals surface area contributed by atoms with Gasteiger partial charge in [0, 0.05) is 39.2 Å². The first-order chi connectivity index (χ1) is 10.1. The first-order valence-corrected chi connectivity index (χ1v) is 6.79. The van der Waals surface area contributed by atoms with Crippen LogP contribution < -0.4 is 0 Å². The van der Waals surface area contributed by atoms with Crippen molar-refractivity contribution in [2.45, 2.75) is 6.92 Å². The lowest BCUT2D eigenvalue weighted by atomic mass is 10.2. The number of amides is 2. The topological polar surface area (TPSA) is 82.4 Å². The van der Waals surface area contributed by atoms with Crippen LogP contribution in [0.1, 0.15) is 17.4 Å². The summed E-state index contributed by atoms with van der Waals surface area (Å²) in [6.07, 6.45) is 1.57. The average molecular weight is 288 g/mol. The zero-order valence-corrected chi connectivity index (χ0v) is 11.7. The molecule has 2 amide bonds. The zero-order chi connectivity index (χ0) is 14.8. The van der Waals surface area contributed by atoms with Gasteiger partial charge in [0.2, 0.25) is 5.91 Å². The number of hydrogen-bond donors (Lipinski definition) is 1. The summed E-state index contributed by atoms with van der Waals surface area (Å²) in [6, 6.07) is 5.25. The van der Waals surface area contributed by atoms with Gasteiger partial charge in [-0.25, -0.2) is 0 Å². The lowest BCUT2D eigenvalue weighted by molar-refractivity contribution is -0.130. The Morgan fingerprint density at radius 3 is 2.57 bits per heavy atom. The molecule has 2 aromatic heterocycles. The Balaban J connectivity index is 1.68. The second kappa shape index (κ2) is 5.43. The summed E-state index contributed by atoms with van der Waals surface area (Å²) >= 11 is 0. The molecule has 1 saturated heterocycles. The van der Waals surface area contributed by atoms with E-state index in [-0.39, 0.29) is 11.8 Å². The zero-order valence-electron chi connectivity index (χ0n) is 11.7. The molecule has 1 aliphatic heterocycles. The molecule has 1 aliphatic rings. The van der Waals surface area contributed by atoms with Gasteiger partial charge in [-0.1, -0.05) is 0 Å². The smallest absolute Gasteiger partial charge is 0.274 e. The SMILES string of the molecule is CC(=O)N1CCN(C(=O)c2cc(-c3ccco3)[nH]n2)CC1. The van der Waals surface area contributed by atoms with Crippen molar-refractivity contribution >= 4 is 11.8 Å². The first-order valence-electron chi connectivity index (χ1n) is 6.79. The fourth-order valence-electron chi connectivity index (χ4n) is 2.38. The van der Waals surface area contributed by atoms with E-state index in [0.717, 1.165) is 0 Å². The van der Waals surface area contributed by atoms with E-state index < -0.39 is 0 Å². The fraction of sp³-hybridized carbons (Fsp3) is 0.357. The van der Waals surface area contributed by atoms with E-state index in [1.807, 2.05) is 0 Å². The van der Waals surface area contributed by atoms with Crippen LogP contribution in [0.4, 0.5) is 0 Å². The minimum Gasteiger partial charge on any atom is -0.463 e. The number of nitrogens with zero attached hydrogens (tertiary/aromatic N) is 3. The highest BCUT2D eigenvalue weighted by Gasteiger charge is 2.25. The molecule has 0 saturated carbocycles. The van der Waals surface area contributed by atoms with Gasteiger partial charge in [-0.15, -0.1) is 0 Å². The number of furan rings is 1. The first kappa shape index (κ1) is 13.4. The third-order valence-corrected chi connectivity index (χ3v) is 3.60. The number of hydrogen-bond acceptors (Lipinski definition) is 4. The predicted molar refractivity (Wildman–Crippen MR) is 74.4 cm³/mol. The Morgan fingerprint density at radius 1 is 1.24 bits per heavy atom.